The summed E-state index contributed by atoms with van der Waals surface area (Å²) in [6.07, 6.45) is 0.977. The molecule has 1 amide bonds. The third-order valence-electron chi connectivity index (χ3n) is 8.24. The van der Waals surface area contributed by atoms with Crippen LogP contribution in [0, 0.1) is 0 Å². The molecule has 0 fully saturated rings. The number of ether oxygens (including phenoxy) is 3. The number of hydrogen-bond acceptors (Lipinski definition) is 6. The summed E-state index contributed by atoms with van der Waals surface area (Å²) in [6, 6.07) is 21.3. The molecule has 3 aromatic rings. The molecule has 5 rings (SSSR count). The third-order valence-corrected chi connectivity index (χ3v) is 8.24. The zero-order valence-electron chi connectivity index (χ0n) is 25.0. The van der Waals surface area contributed by atoms with Crippen molar-refractivity contribution in [2.45, 2.75) is 51.4 Å². The number of allylic oxidation sites excluding steroid dienone is 3. The summed E-state index contributed by atoms with van der Waals surface area (Å²) in [5, 5.41) is 6.50. The van der Waals surface area contributed by atoms with Gasteiger partial charge in [0.05, 0.1) is 21.3 Å². The summed E-state index contributed by atoms with van der Waals surface area (Å²) in [6.45, 7) is 6.21. The van der Waals surface area contributed by atoms with E-state index in [1.165, 1.54) is 5.56 Å². The van der Waals surface area contributed by atoms with Crippen LogP contribution in [0.2, 0.25) is 0 Å². The fourth-order valence-corrected chi connectivity index (χ4v) is 5.96. The van der Waals surface area contributed by atoms with Gasteiger partial charge >= 0.3 is 0 Å². The Morgan fingerprint density at radius 3 is 2.14 bits per heavy atom. The Bertz CT molecular complexity index is 1550. The van der Waals surface area contributed by atoms with E-state index in [1.807, 2.05) is 25.1 Å². The highest BCUT2D eigenvalue weighted by Gasteiger charge is 2.41. The SMILES string of the molecule is COc1ccc(NC(=O)C2=C(C)NC3=C(C(=O)CC(c4ccc(OC)c(OC)c4)C3)C2c2ccc(C(C)C)cc2)cc1. The fourth-order valence-electron chi connectivity index (χ4n) is 5.96. The molecule has 0 saturated heterocycles. The molecule has 2 unspecified atom stereocenters. The summed E-state index contributed by atoms with van der Waals surface area (Å²) in [4.78, 5) is 27.9. The van der Waals surface area contributed by atoms with Crippen molar-refractivity contribution in [3.8, 4) is 17.2 Å². The molecule has 0 radical (unpaired) electrons. The molecule has 42 heavy (non-hydrogen) atoms. The zero-order chi connectivity index (χ0) is 30.0. The average Bonchev–Trinajstić information content (AvgIpc) is 3.00. The topological polar surface area (TPSA) is 85.9 Å². The summed E-state index contributed by atoms with van der Waals surface area (Å²) in [5.74, 6) is 1.63. The van der Waals surface area contributed by atoms with Crippen LogP contribution in [0.5, 0.6) is 17.2 Å². The lowest BCUT2D eigenvalue weighted by atomic mass is 9.71. The Morgan fingerprint density at radius 2 is 1.52 bits per heavy atom. The van der Waals surface area contributed by atoms with Gasteiger partial charge in [0.1, 0.15) is 5.75 Å². The van der Waals surface area contributed by atoms with Gasteiger partial charge in [0.25, 0.3) is 5.91 Å². The molecule has 2 aliphatic rings. The van der Waals surface area contributed by atoms with E-state index < -0.39 is 5.92 Å². The number of rotatable bonds is 8. The number of hydrogen-bond donors (Lipinski definition) is 2. The van der Waals surface area contributed by atoms with Crippen LogP contribution in [0.3, 0.4) is 0 Å². The lowest BCUT2D eigenvalue weighted by molar-refractivity contribution is -0.116. The highest BCUT2D eigenvalue weighted by molar-refractivity contribution is 6.10. The Hall–Kier alpha value is -4.52. The van der Waals surface area contributed by atoms with Gasteiger partial charge in [0, 0.05) is 40.6 Å². The normalized spacial score (nSPS) is 18.4. The number of benzene rings is 3. The number of anilines is 1. The lowest BCUT2D eigenvalue weighted by Crippen LogP contribution is -2.37. The largest absolute Gasteiger partial charge is 0.497 e. The molecule has 2 atom stereocenters. The van der Waals surface area contributed by atoms with Crippen molar-refractivity contribution in [2.24, 2.45) is 0 Å². The van der Waals surface area contributed by atoms with Crippen molar-refractivity contribution >= 4 is 17.4 Å². The number of carbonyl (C=O) groups is 2. The van der Waals surface area contributed by atoms with E-state index in [2.05, 4.69) is 48.7 Å². The van der Waals surface area contributed by atoms with E-state index >= 15 is 0 Å². The molecule has 1 heterocycles. The molecule has 0 saturated carbocycles. The molecule has 7 heteroatoms. The zero-order valence-corrected chi connectivity index (χ0v) is 25.0. The summed E-state index contributed by atoms with van der Waals surface area (Å²) in [5.41, 5.74) is 6.59. The van der Waals surface area contributed by atoms with Crippen molar-refractivity contribution < 1.29 is 23.8 Å². The number of dihydropyridines is 1. The van der Waals surface area contributed by atoms with E-state index in [4.69, 9.17) is 14.2 Å². The second-order valence-corrected chi connectivity index (χ2v) is 11.1. The van der Waals surface area contributed by atoms with E-state index in [0.717, 1.165) is 22.5 Å². The predicted octanol–water partition coefficient (Wildman–Crippen LogP) is 6.84. The van der Waals surface area contributed by atoms with Crippen molar-refractivity contribution in [3.63, 3.8) is 0 Å². The minimum Gasteiger partial charge on any atom is -0.497 e. The lowest BCUT2D eigenvalue weighted by Gasteiger charge is -2.37. The van der Waals surface area contributed by atoms with Crippen LogP contribution in [-0.4, -0.2) is 33.0 Å². The summed E-state index contributed by atoms with van der Waals surface area (Å²) >= 11 is 0. The number of nitrogens with one attached hydrogen (secondary N) is 2. The van der Waals surface area contributed by atoms with Gasteiger partial charge in [-0.2, -0.15) is 0 Å². The van der Waals surface area contributed by atoms with Crippen molar-refractivity contribution in [1.82, 2.24) is 5.32 Å². The number of amides is 1. The Kier molecular flexibility index (Phi) is 8.39. The first kappa shape index (κ1) is 29.0. The van der Waals surface area contributed by atoms with Crippen molar-refractivity contribution in [1.29, 1.82) is 0 Å². The molecule has 2 N–H and O–H groups in total. The molecule has 3 aromatic carbocycles. The summed E-state index contributed by atoms with van der Waals surface area (Å²) < 4.78 is 16.2. The van der Waals surface area contributed by atoms with Crippen molar-refractivity contribution in [2.75, 3.05) is 26.6 Å². The quantitative estimate of drug-likeness (QED) is 0.311. The predicted molar refractivity (Wildman–Crippen MR) is 164 cm³/mol. The Morgan fingerprint density at radius 1 is 0.857 bits per heavy atom. The van der Waals surface area contributed by atoms with Crippen molar-refractivity contribution in [3.05, 3.63) is 106 Å². The standard InChI is InChI=1S/C35H38N2O5/c1-20(2)22-7-9-23(10-8-22)33-32(35(39)37-26-12-14-27(40-4)15-13-26)21(3)36-28-17-25(18-29(38)34(28)33)24-11-16-30(41-5)31(19-24)42-6/h7-16,19-20,25,33,36H,17-18H2,1-6H3,(H,37,39). The van der Waals surface area contributed by atoms with E-state index in [0.29, 0.717) is 52.8 Å². The van der Waals surface area contributed by atoms with Crippen LogP contribution in [0.4, 0.5) is 5.69 Å². The summed E-state index contributed by atoms with van der Waals surface area (Å²) in [7, 11) is 4.82. The molecule has 0 aromatic heterocycles. The van der Waals surface area contributed by atoms with Crippen LogP contribution in [-0.2, 0) is 9.59 Å². The minimum atomic E-state index is -0.487. The van der Waals surface area contributed by atoms with Gasteiger partial charge in [-0.25, -0.2) is 0 Å². The molecule has 0 bridgehead atoms. The van der Waals surface area contributed by atoms with E-state index in [1.54, 1.807) is 45.6 Å². The number of methoxy groups -OCH3 is 3. The highest BCUT2D eigenvalue weighted by Crippen LogP contribution is 2.46. The van der Waals surface area contributed by atoms with Gasteiger partial charge in [-0.15, -0.1) is 0 Å². The van der Waals surface area contributed by atoms with Gasteiger partial charge in [-0.3, -0.25) is 9.59 Å². The third kappa shape index (κ3) is 5.64. The second-order valence-electron chi connectivity index (χ2n) is 11.1. The first-order valence-electron chi connectivity index (χ1n) is 14.2. The molecule has 1 aliphatic carbocycles. The monoisotopic (exact) mass is 566 g/mol. The van der Waals surface area contributed by atoms with E-state index in [-0.39, 0.29) is 17.6 Å². The number of carbonyl (C=O) groups excluding carboxylic acids is 2. The molecular formula is C35H38N2O5. The highest BCUT2D eigenvalue weighted by atomic mass is 16.5. The molecular weight excluding hydrogens is 528 g/mol. The average molecular weight is 567 g/mol. The fraction of sp³-hybridized carbons (Fsp3) is 0.314. The maximum atomic E-state index is 14.0. The van der Waals surface area contributed by atoms with Crippen LogP contribution in [0.15, 0.2) is 89.3 Å². The van der Waals surface area contributed by atoms with Gasteiger partial charge in [-0.1, -0.05) is 44.2 Å². The van der Waals surface area contributed by atoms with Crippen LogP contribution < -0.4 is 24.8 Å². The van der Waals surface area contributed by atoms with Gasteiger partial charge < -0.3 is 24.8 Å². The van der Waals surface area contributed by atoms with Gasteiger partial charge in [0.2, 0.25) is 0 Å². The van der Waals surface area contributed by atoms with Crippen LogP contribution in [0.25, 0.3) is 0 Å². The molecule has 7 nitrogen and oxygen atoms in total. The van der Waals surface area contributed by atoms with Gasteiger partial charge in [-0.05, 0) is 78.3 Å². The van der Waals surface area contributed by atoms with Gasteiger partial charge in [0.15, 0.2) is 17.3 Å². The second kappa shape index (κ2) is 12.1. The number of ketones is 1. The Balaban J connectivity index is 1.53. The minimum absolute atomic E-state index is 0.0312. The molecule has 218 valence electrons. The first-order chi connectivity index (χ1) is 20.2. The number of Topliss-reactive ketones (excluding diaryl/α,β-unsaturated/α-hetero) is 1. The molecule has 1 aliphatic heterocycles. The van der Waals surface area contributed by atoms with Crippen LogP contribution >= 0.6 is 0 Å². The van der Waals surface area contributed by atoms with Crippen LogP contribution in [0.1, 0.15) is 68.1 Å². The van der Waals surface area contributed by atoms with E-state index in [9.17, 15) is 9.59 Å². The molecule has 0 spiro atoms. The smallest absolute Gasteiger partial charge is 0.254 e. The Labute approximate surface area is 247 Å². The first-order valence-corrected chi connectivity index (χ1v) is 14.2. The maximum Gasteiger partial charge on any atom is 0.254 e. The maximum absolute atomic E-state index is 14.0.